The maximum Gasteiger partial charge on any atom is 0.271 e. The van der Waals surface area contributed by atoms with Gasteiger partial charge < -0.3 is 15.1 Å². The lowest BCUT2D eigenvalue weighted by molar-refractivity contribution is -0.115. The fourth-order valence-corrected chi connectivity index (χ4v) is 3.67. The van der Waals surface area contributed by atoms with Crippen molar-refractivity contribution in [1.29, 1.82) is 0 Å². The van der Waals surface area contributed by atoms with Crippen molar-refractivity contribution in [3.05, 3.63) is 57.2 Å². The second kappa shape index (κ2) is 7.84. The zero-order chi connectivity index (χ0) is 18.7. The number of benzene rings is 1. The number of thiazole rings is 1. The molecule has 2 amide bonds. The van der Waals surface area contributed by atoms with E-state index in [1.54, 1.807) is 24.5 Å². The van der Waals surface area contributed by atoms with Crippen molar-refractivity contribution in [1.82, 2.24) is 10.3 Å². The summed E-state index contributed by atoms with van der Waals surface area (Å²) in [6, 6.07) is 9.10. The molecule has 0 fully saturated rings. The predicted octanol–water partition coefficient (Wildman–Crippen LogP) is 4.15. The molecular weight excluding hydrogens is 418 g/mol. The van der Waals surface area contributed by atoms with Gasteiger partial charge in [-0.25, -0.2) is 4.98 Å². The number of carbonyl (C=O) groups is 2. The zero-order valence-corrected chi connectivity index (χ0v) is 16.5. The van der Waals surface area contributed by atoms with Crippen LogP contribution in [0.2, 0.25) is 0 Å². The molecule has 2 N–H and O–H groups in total. The maximum absolute atomic E-state index is 12.3. The first kappa shape index (κ1) is 18.3. The Morgan fingerprint density at radius 3 is 2.77 bits per heavy atom. The molecule has 26 heavy (non-hydrogen) atoms. The SMILES string of the molecule is Cc1cc(Br)ccc1NC(=O)CNC(=O)c1nc(-c2ccco2)sc1C. The maximum atomic E-state index is 12.3. The molecule has 0 spiro atoms. The molecule has 0 aliphatic carbocycles. The number of hydrogen-bond acceptors (Lipinski definition) is 5. The molecule has 0 aliphatic heterocycles. The number of carbonyl (C=O) groups excluding carboxylic acids is 2. The van der Waals surface area contributed by atoms with Crippen LogP contribution in [0.25, 0.3) is 10.8 Å². The number of nitrogens with one attached hydrogen (secondary N) is 2. The fourth-order valence-electron chi connectivity index (χ4n) is 2.32. The third-order valence-electron chi connectivity index (χ3n) is 3.62. The molecule has 0 radical (unpaired) electrons. The van der Waals surface area contributed by atoms with Crippen LogP contribution in [0.15, 0.2) is 45.5 Å². The normalized spacial score (nSPS) is 10.6. The van der Waals surface area contributed by atoms with Crippen LogP contribution >= 0.6 is 27.3 Å². The summed E-state index contributed by atoms with van der Waals surface area (Å²) >= 11 is 4.75. The van der Waals surface area contributed by atoms with E-state index in [0.717, 1.165) is 14.9 Å². The highest BCUT2D eigenvalue weighted by Gasteiger charge is 2.18. The van der Waals surface area contributed by atoms with Gasteiger partial charge in [0.1, 0.15) is 5.69 Å². The summed E-state index contributed by atoms with van der Waals surface area (Å²) in [5.74, 6) is -0.0808. The van der Waals surface area contributed by atoms with Crippen LogP contribution in [0.1, 0.15) is 20.9 Å². The molecule has 6 nitrogen and oxygen atoms in total. The van der Waals surface area contributed by atoms with E-state index in [2.05, 4.69) is 31.5 Å². The highest BCUT2D eigenvalue weighted by molar-refractivity contribution is 9.10. The smallest absolute Gasteiger partial charge is 0.271 e. The van der Waals surface area contributed by atoms with Gasteiger partial charge in [-0.3, -0.25) is 9.59 Å². The summed E-state index contributed by atoms with van der Waals surface area (Å²) in [6.07, 6.45) is 1.56. The molecule has 8 heteroatoms. The Hall–Kier alpha value is -2.45. The minimum absolute atomic E-state index is 0.138. The van der Waals surface area contributed by atoms with Gasteiger partial charge in [-0.15, -0.1) is 11.3 Å². The number of rotatable bonds is 5. The molecule has 0 saturated carbocycles. The topological polar surface area (TPSA) is 84.2 Å². The van der Waals surface area contributed by atoms with Crippen molar-refractivity contribution in [3.8, 4) is 10.8 Å². The van der Waals surface area contributed by atoms with Gasteiger partial charge in [-0.1, -0.05) is 15.9 Å². The summed E-state index contributed by atoms with van der Waals surface area (Å²) in [5.41, 5.74) is 1.93. The number of amides is 2. The average molecular weight is 434 g/mol. The lowest BCUT2D eigenvalue weighted by atomic mass is 10.2. The summed E-state index contributed by atoms with van der Waals surface area (Å²) in [4.78, 5) is 29.5. The van der Waals surface area contributed by atoms with Gasteiger partial charge in [-0.2, -0.15) is 0 Å². The van der Waals surface area contributed by atoms with E-state index in [1.807, 2.05) is 26.0 Å². The quantitative estimate of drug-likeness (QED) is 0.632. The van der Waals surface area contributed by atoms with Gasteiger partial charge in [-0.05, 0) is 49.7 Å². The number of furan rings is 1. The van der Waals surface area contributed by atoms with Crippen molar-refractivity contribution >= 4 is 44.8 Å². The molecule has 0 atom stereocenters. The Morgan fingerprint density at radius 2 is 2.08 bits per heavy atom. The number of hydrogen-bond donors (Lipinski definition) is 2. The third-order valence-corrected chi connectivity index (χ3v) is 5.09. The van der Waals surface area contributed by atoms with Crippen LogP contribution in [0, 0.1) is 13.8 Å². The molecule has 3 rings (SSSR count). The molecule has 1 aromatic carbocycles. The number of aryl methyl sites for hydroxylation is 2. The third kappa shape index (κ3) is 4.20. The van der Waals surface area contributed by atoms with Crippen LogP contribution in [0.4, 0.5) is 5.69 Å². The Morgan fingerprint density at radius 1 is 1.27 bits per heavy atom. The number of halogens is 1. The highest BCUT2D eigenvalue weighted by Crippen LogP contribution is 2.27. The first-order chi connectivity index (χ1) is 12.4. The Kier molecular flexibility index (Phi) is 5.53. The molecule has 3 aromatic rings. The first-order valence-corrected chi connectivity index (χ1v) is 9.40. The Bertz CT molecular complexity index is 951. The number of nitrogens with zero attached hydrogens (tertiary/aromatic N) is 1. The zero-order valence-electron chi connectivity index (χ0n) is 14.1. The molecule has 2 aromatic heterocycles. The standard InChI is InChI=1S/C18H16BrN3O3S/c1-10-8-12(19)5-6-13(10)21-15(23)9-20-17(24)16-11(2)26-18(22-16)14-4-3-7-25-14/h3-8H,9H2,1-2H3,(H,20,24)(H,21,23). The van der Waals surface area contributed by atoms with Gasteiger partial charge in [0, 0.05) is 15.0 Å². The van der Waals surface area contributed by atoms with E-state index >= 15 is 0 Å². The van der Waals surface area contributed by atoms with Crippen LogP contribution in [-0.4, -0.2) is 23.3 Å². The Balaban J connectivity index is 1.61. The van der Waals surface area contributed by atoms with Crippen LogP contribution < -0.4 is 10.6 Å². The summed E-state index contributed by atoms with van der Waals surface area (Å²) in [5, 5.41) is 6.01. The van der Waals surface area contributed by atoms with E-state index < -0.39 is 0 Å². The molecule has 134 valence electrons. The first-order valence-electron chi connectivity index (χ1n) is 7.79. The number of aromatic nitrogens is 1. The van der Waals surface area contributed by atoms with Gasteiger partial charge in [0.2, 0.25) is 5.91 Å². The van der Waals surface area contributed by atoms with E-state index in [1.165, 1.54) is 11.3 Å². The van der Waals surface area contributed by atoms with Gasteiger partial charge in [0.25, 0.3) is 5.91 Å². The van der Waals surface area contributed by atoms with E-state index in [9.17, 15) is 9.59 Å². The summed E-state index contributed by atoms with van der Waals surface area (Å²) in [7, 11) is 0. The number of anilines is 1. The minimum atomic E-state index is -0.390. The molecule has 2 heterocycles. The van der Waals surface area contributed by atoms with E-state index in [0.29, 0.717) is 22.1 Å². The van der Waals surface area contributed by atoms with Gasteiger partial charge in [0.15, 0.2) is 10.8 Å². The van der Waals surface area contributed by atoms with Crippen molar-refractivity contribution in [3.63, 3.8) is 0 Å². The van der Waals surface area contributed by atoms with Gasteiger partial charge >= 0.3 is 0 Å². The lowest BCUT2D eigenvalue weighted by Gasteiger charge is -2.09. The Labute approximate surface area is 162 Å². The molecular formula is C18H16BrN3O3S. The van der Waals surface area contributed by atoms with E-state index in [-0.39, 0.29) is 18.4 Å². The highest BCUT2D eigenvalue weighted by atomic mass is 79.9. The minimum Gasteiger partial charge on any atom is -0.462 e. The monoisotopic (exact) mass is 433 g/mol. The largest absolute Gasteiger partial charge is 0.462 e. The van der Waals surface area contributed by atoms with E-state index in [4.69, 9.17) is 4.42 Å². The van der Waals surface area contributed by atoms with Crippen LogP contribution in [-0.2, 0) is 4.79 Å². The molecule has 0 aliphatic rings. The van der Waals surface area contributed by atoms with Crippen LogP contribution in [0.5, 0.6) is 0 Å². The molecule has 0 bridgehead atoms. The van der Waals surface area contributed by atoms with Crippen molar-refractivity contribution in [2.24, 2.45) is 0 Å². The van der Waals surface area contributed by atoms with Gasteiger partial charge in [0.05, 0.1) is 12.8 Å². The fraction of sp³-hybridized carbons (Fsp3) is 0.167. The van der Waals surface area contributed by atoms with Crippen molar-refractivity contribution in [2.75, 3.05) is 11.9 Å². The molecule has 0 saturated heterocycles. The van der Waals surface area contributed by atoms with Crippen molar-refractivity contribution < 1.29 is 14.0 Å². The summed E-state index contributed by atoms with van der Waals surface area (Å²) in [6.45, 7) is 3.57. The molecule has 0 unspecified atom stereocenters. The predicted molar refractivity (Wildman–Crippen MR) is 104 cm³/mol. The lowest BCUT2D eigenvalue weighted by Crippen LogP contribution is -2.33. The van der Waals surface area contributed by atoms with Crippen LogP contribution in [0.3, 0.4) is 0 Å². The average Bonchev–Trinajstić information content (AvgIpc) is 3.24. The second-order valence-corrected chi connectivity index (χ2v) is 7.71. The second-order valence-electron chi connectivity index (χ2n) is 5.59. The van der Waals surface area contributed by atoms with Crippen molar-refractivity contribution in [2.45, 2.75) is 13.8 Å². The summed E-state index contributed by atoms with van der Waals surface area (Å²) < 4.78 is 6.24.